The van der Waals surface area contributed by atoms with Crippen molar-refractivity contribution in [2.75, 3.05) is 18.1 Å². The number of aromatic nitrogens is 2. The van der Waals surface area contributed by atoms with Crippen molar-refractivity contribution in [1.29, 1.82) is 0 Å². The Morgan fingerprint density at radius 2 is 2.00 bits per heavy atom. The van der Waals surface area contributed by atoms with E-state index in [1.165, 1.54) is 6.08 Å². The Hall–Kier alpha value is -2.36. The number of esters is 1. The molecule has 166 valence electrons. The maximum absolute atomic E-state index is 11.9. The molecule has 0 saturated carbocycles. The molecule has 1 unspecified atom stereocenters. The molecule has 8 nitrogen and oxygen atoms in total. The smallest absolute Gasteiger partial charge is 0.331 e. The summed E-state index contributed by atoms with van der Waals surface area (Å²) in [6.07, 6.45) is 3.00. The molecule has 2 heterocycles. The number of nitrogens with one attached hydrogen (secondary N) is 1. The Kier molecular flexibility index (Phi) is 7.40. The first-order chi connectivity index (χ1) is 14.6. The lowest BCUT2D eigenvalue weighted by Gasteiger charge is -2.10. The first kappa shape index (κ1) is 23.3. The minimum Gasteiger partial charge on any atom is -0.452 e. The minimum atomic E-state index is -3.10. The van der Waals surface area contributed by atoms with Crippen LogP contribution >= 0.6 is 23.2 Å². The van der Waals surface area contributed by atoms with Gasteiger partial charge in [0.1, 0.15) is 5.15 Å². The van der Waals surface area contributed by atoms with E-state index < -0.39 is 34.4 Å². The van der Waals surface area contributed by atoms with Gasteiger partial charge in [-0.3, -0.25) is 4.79 Å². The van der Waals surface area contributed by atoms with Crippen LogP contribution in [0.3, 0.4) is 0 Å². The predicted octanol–water partition coefficient (Wildman–Crippen LogP) is 2.41. The van der Waals surface area contributed by atoms with E-state index in [9.17, 15) is 18.0 Å². The summed E-state index contributed by atoms with van der Waals surface area (Å²) in [4.78, 5) is 23.8. The lowest BCUT2D eigenvalue weighted by atomic mass is 10.2. The fraction of sp³-hybridized carbons (Fsp3) is 0.350. The van der Waals surface area contributed by atoms with Crippen LogP contribution < -0.4 is 5.32 Å². The summed E-state index contributed by atoms with van der Waals surface area (Å²) in [6, 6.07) is 6.85. The summed E-state index contributed by atoms with van der Waals surface area (Å²) in [5.74, 6) is -1.32. The zero-order valence-corrected chi connectivity index (χ0v) is 19.0. The zero-order chi connectivity index (χ0) is 22.6. The van der Waals surface area contributed by atoms with Crippen molar-refractivity contribution in [3.05, 3.63) is 57.3 Å². The molecule has 1 aliphatic heterocycles. The van der Waals surface area contributed by atoms with Gasteiger partial charge in [0.2, 0.25) is 0 Å². The molecule has 0 radical (unpaired) electrons. The van der Waals surface area contributed by atoms with Crippen LogP contribution in [-0.2, 0) is 30.7 Å². The molecule has 0 spiro atoms. The molecule has 1 fully saturated rings. The second kappa shape index (κ2) is 9.84. The summed E-state index contributed by atoms with van der Waals surface area (Å²) in [5, 5.41) is 7.93. The summed E-state index contributed by atoms with van der Waals surface area (Å²) in [5.41, 5.74) is 2.15. The molecule has 1 atom stereocenters. The normalized spacial score (nSPS) is 17.7. The molecular weight excluding hydrogens is 465 g/mol. The van der Waals surface area contributed by atoms with Crippen LogP contribution in [0, 0.1) is 6.92 Å². The number of amides is 1. The van der Waals surface area contributed by atoms with Crippen molar-refractivity contribution >= 4 is 51.0 Å². The topological polar surface area (TPSA) is 107 Å². The Labute approximate surface area is 190 Å². The molecule has 1 N–H and O–H groups in total. The van der Waals surface area contributed by atoms with E-state index in [1.807, 2.05) is 12.1 Å². The number of aryl methyl sites for hydroxylation is 1. The number of hydrogen-bond donors (Lipinski definition) is 1. The Balaban J connectivity index is 1.53. The van der Waals surface area contributed by atoms with E-state index in [4.69, 9.17) is 27.9 Å². The quantitative estimate of drug-likeness (QED) is 0.476. The van der Waals surface area contributed by atoms with Crippen LogP contribution in [0.2, 0.25) is 10.2 Å². The average molecular weight is 486 g/mol. The minimum absolute atomic E-state index is 0.0479. The molecule has 1 aliphatic rings. The largest absolute Gasteiger partial charge is 0.452 e. The molecule has 1 aromatic carbocycles. The van der Waals surface area contributed by atoms with Gasteiger partial charge in [0.15, 0.2) is 16.4 Å². The van der Waals surface area contributed by atoms with Crippen LogP contribution in [0.5, 0.6) is 0 Å². The molecule has 0 aliphatic carbocycles. The Bertz CT molecular complexity index is 1110. The highest BCUT2D eigenvalue weighted by Gasteiger charge is 2.29. The Morgan fingerprint density at radius 1 is 1.29 bits per heavy atom. The predicted molar refractivity (Wildman–Crippen MR) is 118 cm³/mol. The number of rotatable bonds is 7. The van der Waals surface area contributed by atoms with Crippen LogP contribution in [0.4, 0.5) is 0 Å². The lowest BCUT2D eigenvalue weighted by molar-refractivity contribution is -0.143. The molecule has 31 heavy (non-hydrogen) atoms. The fourth-order valence-corrected chi connectivity index (χ4v) is 5.24. The third kappa shape index (κ3) is 6.56. The molecule has 1 aromatic heterocycles. The molecule has 1 amide bonds. The van der Waals surface area contributed by atoms with Gasteiger partial charge in [0, 0.05) is 22.7 Å². The maximum Gasteiger partial charge on any atom is 0.331 e. The van der Waals surface area contributed by atoms with E-state index in [1.54, 1.807) is 23.7 Å². The zero-order valence-electron chi connectivity index (χ0n) is 16.7. The van der Waals surface area contributed by atoms with Crippen molar-refractivity contribution < 1.29 is 22.7 Å². The number of carbonyl (C=O) groups is 2. The van der Waals surface area contributed by atoms with Crippen LogP contribution in [-0.4, -0.2) is 54.2 Å². The highest BCUT2D eigenvalue weighted by molar-refractivity contribution is 7.91. The van der Waals surface area contributed by atoms with Gasteiger partial charge in [0.05, 0.1) is 23.7 Å². The molecule has 3 rings (SSSR count). The average Bonchev–Trinajstić information content (AvgIpc) is 3.18. The maximum atomic E-state index is 11.9. The van der Waals surface area contributed by atoms with Crippen molar-refractivity contribution in [2.45, 2.75) is 25.9 Å². The van der Waals surface area contributed by atoms with E-state index in [-0.39, 0.29) is 11.5 Å². The number of benzene rings is 1. The van der Waals surface area contributed by atoms with Gasteiger partial charge in [-0.1, -0.05) is 35.3 Å². The van der Waals surface area contributed by atoms with Gasteiger partial charge in [0.25, 0.3) is 5.91 Å². The van der Waals surface area contributed by atoms with Gasteiger partial charge >= 0.3 is 5.97 Å². The van der Waals surface area contributed by atoms with Crippen LogP contribution in [0.25, 0.3) is 6.08 Å². The second-order valence-electron chi connectivity index (χ2n) is 7.18. The summed E-state index contributed by atoms with van der Waals surface area (Å²) >= 11 is 12.3. The number of hydrogen-bond acceptors (Lipinski definition) is 6. The van der Waals surface area contributed by atoms with Crippen molar-refractivity contribution in [3.63, 3.8) is 0 Å². The number of halogens is 2. The van der Waals surface area contributed by atoms with Gasteiger partial charge in [-0.25, -0.2) is 17.9 Å². The number of nitrogens with zero attached hydrogens (tertiary/aromatic N) is 2. The number of ether oxygens (including phenoxy) is 1. The first-order valence-corrected chi connectivity index (χ1v) is 12.0. The standard InChI is InChI=1S/C20H21Cl2N3O5S/c1-13-17(20(22)25(24-13)10-14-2-4-15(21)5-3-14)6-7-19(27)30-11-18(26)23-16-8-9-31(28,29)12-16/h2-7,16H,8-12H2,1H3,(H,23,26)/b7-6+. The first-order valence-electron chi connectivity index (χ1n) is 9.45. The monoisotopic (exact) mass is 485 g/mol. The molecule has 2 aromatic rings. The molecular formula is C20H21Cl2N3O5S. The van der Waals surface area contributed by atoms with E-state index in [2.05, 4.69) is 10.4 Å². The summed E-state index contributed by atoms with van der Waals surface area (Å²) in [6.45, 7) is 1.70. The third-order valence-electron chi connectivity index (χ3n) is 4.68. The van der Waals surface area contributed by atoms with Crippen molar-refractivity contribution in [2.24, 2.45) is 0 Å². The summed E-state index contributed by atoms with van der Waals surface area (Å²) in [7, 11) is -3.10. The number of sulfone groups is 1. The van der Waals surface area contributed by atoms with E-state index >= 15 is 0 Å². The highest BCUT2D eigenvalue weighted by Crippen LogP contribution is 2.23. The number of carbonyl (C=O) groups excluding carboxylic acids is 2. The third-order valence-corrected chi connectivity index (χ3v) is 7.10. The fourth-order valence-electron chi connectivity index (χ4n) is 3.14. The second-order valence-corrected chi connectivity index (χ2v) is 10.2. The van der Waals surface area contributed by atoms with E-state index in [0.29, 0.717) is 34.4 Å². The van der Waals surface area contributed by atoms with Crippen LogP contribution in [0.15, 0.2) is 30.3 Å². The Morgan fingerprint density at radius 3 is 2.65 bits per heavy atom. The van der Waals surface area contributed by atoms with Gasteiger partial charge in [-0.2, -0.15) is 5.10 Å². The molecule has 0 bridgehead atoms. The molecule has 11 heteroatoms. The van der Waals surface area contributed by atoms with E-state index in [0.717, 1.165) is 11.6 Å². The van der Waals surface area contributed by atoms with Crippen LogP contribution in [0.1, 0.15) is 23.2 Å². The van der Waals surface area contributed by atoms with Crippen molar-refractivity contribution in [3.8, 4) is 0 Å². The lowest BCUT2D eigenvalue weighted by Crippen LogP contribution is -2.38. The SMILES string of the molecule is Cc1nn(Cc2ccc(Cl)cc2)c(Cl)c1/C=C/C(=O)OCC(=O)NC1CCS(=O)(=O)C1. The summed E-state index contributed by atoms with van der Waals surface area (Å²) < 4.78 is 29.3. The van der Waals surface area contributed by atoms with Gasteiger partial charge < -0.3 is 10.1 Å². The van der Waals surface area contributed by atoms with Crippen molar-refractivity contribution in [1.82, 2.24) is 15.1 Å². The van der Waals surface area contributed by atoms with Gasteiger partial charge in [-0.15, -0.1) is 0 Å². The molecule has 1 saturated heterocycles. The highest BCUT2D eigenvalue weighted by atomic mass is 35.5. The van der Waals surface area contributed by atoms with Gasteiger partial charge in [-0.05, 0) is 37.1 Å².